The van der Waals surface area contributed by atoms with E-state index in [4.69, 9.17) is 28.9 Å². The highest BCUT2D eigenvalue weighted by Crippen LogP contribution is 2.27. The van der Waals surface area contributed by atoms with Crippen LogP contribution in [0.5, 0.6) is 0 Å². The molecule has 0 bridgehead atoms. The van der Waals surface area contributed by atoms with Crippen molar-refractivity contribution in [2.75, 3.05) is 0 Å². The average molecular weight is 254 g/mol. The summed E-state index contributed by atoms with van der Waals surface area (Å²) >= 11 is 12.0. The molecule has 1 unspecified atom stereocenters. The maximum Gasteiger partial charge on any atom is 0.0799 e. The molecule has 0 radical (unpaired) electrons. The van der Waals surface area contributed by atoms with Gasteiger partial charge in [0.1, 0.15) is 0 Å². The summed E-state index contributed by atoms with van der Waals surface area (Å²) in [4.78, 5) is 8.10. The Morgan fingerprint density at radius 2 is 2.00 bits per heavy atom. The SMILES string of the molecule is NC(c1cnccn1)c1cc(Cl)ccc1Cl. The van der Waals surface area contributed by atoms with Gasteiger partial charge in [-0.3, -0.25) is 9.97 Å². The number of nitrogens with two attached hydrogens (primary N) is 1. The van der Waals surface area contributed by atoms with Gasteiger partial charge in [0.05, 0.1) is 17.9 Å². The van der Waals surface area contributed by atoms with Gasteiger partial charge in [0.15, 0.2) is 0 Å². The van der Waals surface area contributed by atoms with Crippen LogP contribution in [0.2, 0.25) is 10.0 Å². The molecule has 0 amide bonds. The fourth-order valence-corrected chi connectivity index (χ4v) is 1.80. The predicted molar refractivity (Wildman–Crippen MR) is 64.5 cm³/mol. The van der Waals surface area contributed by atoms with Crippen molar-refractivity contribution in [1.82, 2.24) is 9.97 Å². The molecule has 1 atom stereocenters. The second-order valence-corrected chi connectivity index (χ2v) is 4.12. The average Bonchev–Trinajstić information content (AvgIpc) is 2.32. The van der Waals surface area contributed by atoms with E-state index in [0.717, 1.165) is 5.56 Å². The molecule has 0 saturated carbocycles. The van der Waals surface area contributed by atoms with Crippen LogP contribution >= 0.6 is 23.2 Å². The monoisotopic (exact) mass is 253 g/mol. The van der Waals surface area contributed by atoms with E-state index in [1.165, 1.54) is 0 Å². The van der Waals surface area contributed by atoms with Crippen LogP contribution in [0.25, 0.3) is 0 Å². The zero-order valence-corrected chi connectivity index (χ0v) is 9.78. The van der Waals surface area contributed by atoms with Crippen molar-refractivity contribution in [1.29, 1.82) is 0 Å². The molecule has 5 heteroatoms. The Morgan fingerprint density at radius 3 is 2.69 bits per heavy atom. The van der Waals surface area contributed by atoms with E-state index in [9.17, 15) is 0 Å². The third-order valence-electron chi connectivity index (χ3n) is 2.19. The Balaban J connectivity index is 2.41. The van der Waals surface area contributed by atoms with Gasteiger partial charge in [0, 0.05) is 22.4 Å². The standard InChI is InChI=1S/C11H9Cl2N3/c12-7-1-2-9(13)8(5-7)11(14)10-6-15-3-4-16-10/h1-6,11H,14H2. The van der Waals surface area contributed by atoms with Crippen molar-refractivity contribution >= 4 is 23.2 Å². The molecule has 82 valence electrons. The van der Waals surface area contributed by atoms with Crippen molar-refractivity contribution in [3.63, 3.8) is 0 Å². The first-order chi connectivity index (χ1) is 7.68. The molecule has 0 fully saturated rings. The van der Waals surface area contributed by atoms with Crippen LogP contribution in [0.15, 0.2) is 36.8 Å². The predicted octanol–water partition coefficient (Wildman–Crippen LogP) is 2.83. The molecule has 0 spiro atoms. The second kappa shape index (κ2) is 4.78. The van der Waals surface area contributed by atoms with Crippen molar-refractivity contribution in [2.45, 2.75) is 6.04 Å². The van der Waals surface area contributed by atoms with Crippen LogP contribution in [0, 0.1) is 0 Å². The van der Waals surface area contributed by atoms with E-state index in [2.05, 4.69) is 9.97 Å². The third kappa shape index (κ3) is 2.32. The minimum atomic E-state index is -0.417. The summed E-state index contributed by atoms with van der Waals surface area (Å²) < 4.78 is 0. The normalized spacial score (nSPS) is 12.4. The Hall–Kier alpha value is -1.16. The molecule has 0 aliphatic rings. The molecule has 3 nitrogen and oxygen atoms in total. The van der Waals surface area contributed by atoms with Crippen LogP contribution < -0.4 is 5.73 Å². The van der Waals surface area contributed by atoms with Crippen LogP contribution in [0.3, 0.4) is 0 Å². The van der Waals surface area contributed by atoms with E-state index in [0.29, 0.717) is 15.7 Å². The summed E-state index contributed by atoms with van der Waals surface area (Å²) in [5, 5.41) is 1.17. The number of halogens is 2. The largest absolute Gasteiger partial charge is 0.319 e. The first-order valence-corrected chi connectivity index (χ1v) is 5.40. The van der Waals surface area contributed by atoms with Crippen molar-refractivity contribution in [3.8, 4) is 0 Å². The highest BCUT2D eigenvalue weighted by atomic mass is 35.5. The number of benzene rings is 1. The van der Waals surface area contributed by atoms with Gasteiger partial charge in [0.2, 0.25) is 0 Å². The molecule has 1 aromatic carbocycles. The molecule has 2 N–H and O–H groups in total. The van der Waals surface area contributed by atoms with Gasteiger partial charge < -0.3 is 5.73 Å². The maximum atomic E-state index is 6.05. The van der Waals surface area contributed by atoms with Crippen molar-refractivity contribution in [3.05, 3.63) is 58.1 Å². The molecule has 0 aliphatic heterocycles. The molecule has 1 heterocycles. The van der Waals surface area contributed by atoms with Crippen LogP contribution in [0.4, 0.5) is 0 Å². The lowest BCUT2D eigenvalue weighted by molar-refractivity contribution is 0.818. The number of nitrogens with zero attached hydrogens (tertiary/aromatic N) is 2. The lowest BCUT2D eigenvalue weighted by Crippen LogP contribution is -2.14. The minimum absolute atomic E-state index is 0.417. The Morgan fingerprint density at radius 1 is 1.19 bits per heavy atom. The highest BCUT2D eigenvalue weighted by molar-refractivity contribution is 6.33. The fraction of sp³-hybridized carbons (Fsp3) is 0.0909. The second-order valence-electron chi connectivity index (χ2n) is 3.27. The lowest BCUT2D eigenvalue weighted by atomic mass is 10.1. The summed E-state index contributed by atoms with van der Waals surface area (Å²) in [5.41, 5.74) is 7.44. The number of hydrogen-bond donors (Lipinski definition) is 1. The molecule has 1 aromatic heterocycles. The van der Waals surface area contributed by atoms with Gasteiger partial charge in [-0.2, -0.15) is 0 Å². The summed E-state index contributed by atoms with van der Waals surface area (Å²) in [7, 11) is 0. The topological polar surface area (TPSA) is 51.8 Å². The van der Waals surface area contributed by atoms with Crippen LogP contribution in [-0.2, 0) is 0 Å². The van der Waals surface area contributed by atoms with Gasteiger partial charge >= 0.3 is 0 Å². The maximum absolute atomic E-state index is 6.05. The van der Waals surface area contributed by atoms with Crippen molar-refractivity contribution < 1.29 is 0 Å². The van der Waals surface area contributed by atoms with E-state index >= 15 is 0 Å². The molecule has 2 aromatic rings. The minimum Gasteiger partial charge on any atom is -0.319 e. The van der Waals surface area contributed by atoms with E-state index in [-0.39, 0.29) is 0 Å². The smallest absolute Gasteiger partial charge is 0.0799 e. The first-order valence-electron chi connectivity index (χ1n) is 4.65. The Labute approximate surface area is 103 Å². The fourth-order valence-electron chi connectivity index (χ4n) is 1.38. The number of hydrogen-bond acceptors (Lipinski definition) is 3. The molecule has 16 heavy (non-hydrogen) atoms. The number of rotatable bonds is 2. The summed E-state index contributed by atoms with van der Waals surface area (Å²) in [6.45, 7) is 0. The molecular formula is C11H9Cl2N3. The van der Waals surface area contributed by atoms with E-state index < -0.39 is 6.04 Å². The lowest BCUT2D eigenvalue weighted by Gasteiger charge is -2.12. The summed E-state index contributed by atoms with van der Waals surface area (Å²) in [6, 6.07) is 4.76. The Kier molecular flexibility index (Phi) is 3.39. The van der Waals surface area contributed by atoms with Gasteiger partial charge in [-0.05, 0) is 23.8 Å². The van der Waals surface area contributed by atoms with Crippen LogP contribution in [0.1, 0.15) is 17.3 Å². The van der Waals surface area contributed by atoms with Gasteiger partial charge in [-0.15, -0.1) is 0 Å². The molecule has 0 saturated heterocycles. The number of aromatic nitrogens is 2. The van der Waals surface area contributed by atoms with E-state index in [1.54, 1.807) is 36.8 Å². The molecule has 0 aliphatic carbocycles. The van der Waals surface area contributed by atoms with Crippen molar-refractivity contribution in [2.24, 2.45) is 5.73 Å². The third-order valence-corrected chi connectivity index (χ3v) is 2.77. The summed E-state index contributed by atoms with van der Waals surface area (Å²) in [6.07, 6.45) is 4.80. The van der Waals surface area contributed by atoms with E-state index in [1.807, 2.05) is 0 Å². The molecule has 2 rings (SSSR count). The quantitative estimate of drug-likeness (QED) is 0.896. The highest BCUT2D eigenvalue weighted by Gasteiger charge is 2.14. The first kappa shape index (κ1) is 11.3. The van der Waals surface area contributed by atoms with Gasteiger partial charge in [-0.1, -0.05) is 23.2 Å². The Bertz CT molecular complexity index is 488. The van der Waals surface area contributed by atoms with Gasteiger partial charge in [-0.25, -0.2) is 0 Å². The van der Waals surface area contributed by atoms with Crippen LogP contribution in [-0.4, -0.2) is 9.97 Å². The summed E-state index contributed by atoms with van der Waals surface area (Å²) in [5.74, 6) is 0. The zero-order valence-electron chi connectivity index (χ0n) is 8.27. The zero-order chi connectivity index (χ0) is 11.5. The molecular weight excluding hydrogens is 245 g/mol. The van der Waals surface area contributed by atoms with Gasteiger partial charge in [0.25, 0.3) is 0 Å².